The molecule has 0 radical (unpaired) electrons. The number of carboxylic acid groups (broad SMARTS) is 1. The summed E-state index contributed by atoms with van der Waals surface area (Å²) in [5.41, 5.74) is 7.63. The van der Waals surface area contributed by atoms with Gasteiger partial charge in [0.25, 0.3) is 5.91 Å². The SMILES string of the molecule is N#Cc1ccc(-c2ccc(CC(NC(=O)C3Cc4cc5c(cc4CN3Cc3ccccn3)OC(c3ccc(OCc4ccc(Cl)c(Cl)c4)cc3)C(=O)N5)C(=O)O)cc2)cc1. The molecule has 2 aliphatic heterocycles. The minimum Gasteiger partial charge on any atom is -0.489 e. The quantitative estimate of drug-likeness (QED) is 0.110. The molecular formula is C47H37Cl2N5O6. The average Bonchev–Trinajstić information content (AvgIpc) is 3.26. The Balaban J connectivity index is 0.972. The number of benzene rings is 5. The van der Waals surface area contributed by atoms with Crippen molar-refractivity contribution in [2.45, 2.75) is 50.7 Å². The van der Waals surface area contributed by atoms with Crippen molar-refractivity contribution in [2.24, 2.45) is 0 Å². The van der Waals surface area contributed by atoms with Crippen LogP contribution < -0.4 is 20.1 Å². The number of ether oxygens (including phenoxy) is 2. The Bertz CT molecular complexity index is 2600. The van der Waals surface area contributed by atoms with Gasteiger partial charge < -0.3 is 25.2 Å². The Morgan fingerprint density at radius 1 is 0.917 bits per heavy atom. The van der Waals surface area contributed by atoms with Gasteiger partial charge in [0.2, 0.25) is 12.0 Å². The van der Waals surface area contributed by atoms with E-state index in [0.717, 1.165) is 39.1 Å². The number of carboxylic acids is 1. The van der Waals surface area contributed by atoms with Crippen LogP contribution in [0, 0.1) is 11.3 Å². The van der Waals surface area contributed by atoms with E-state index in [0.29, 0.717) is 51.4 Å². The molecule has 300 valence electrons. The van der Waals surface area contributed by atoms with Gasteiger partial charge >= 0.3 is 5.97 Å². The molecule has 0 bridgehead atoms. The van der Waals surface area contributed by atoms with Crippen molar-refractivity contribution in [1.82, 2.24) is 15.2 Å². The highest BCUT2D eigenvalue weighted by molar-refractivity contribution is 6.42. The number of nitrogens with zero attached hydrogens (tertiary/aromatic N) is 3. The van der Waals surface area contributed by atoms with Crippen LogP contribution in [0.5, 0.6) is 11.5 Å². The van der Waals surface area contributed by atoms with Crippen molar-refractivity contribution in [1.29, 1.82) is 5.26 Å². The number of carbonyl (C=O) groups is 3. The lowest BCUT2D eigenvalue weighted by molar-refractivity contribution is -0.142. The highest BCUT2D eigenvalue weighted by Crippen LogP contribution is 2.40. The lowest BCUT2D eigenvalue weighted by Gasteiger charge is -2.37. The number of rotatable bonds is 12. The Morgan fingerprint density at radius 2 is 1.65 bits per heavy atom. The van der Waals surface area contributed by atoms with Crippen molar-refractivity contribution < 1.29 is 29.0 Å². The minimum atomic E-state index is -1.19. The molecule has 60 heavy (non-hydrogen) atoms. The zero-order chi connectivity index (χ0) is 41.8. The Hall–Kier alpha value is -6.71. The second-order valence-electron chi connectivity index (χ2n) is 14.6. The normalized spacial score (nSPS) is 16.2. The third kappa shape index (κ3) is 9.12. The van der Waals surface area contributed by atoms with E-state index in [2.05, 4.69) is 21.7 Å². The minimum absolute atomic E-state index is 0.0742. The van der Waals surface area contributed by atoms with Crippen LogP contribution in [-0.4, -0.2) is 44.9 Å². The molecular weight excluding hydrogens is 801 g/mol. The fourth-order valence-electron chi connectivity index (χ4n) is 7.40. The summed E-state index contributed by atoms with van der Waals surface area (Å²) in [6.45, 7) is 0.967. The van der Waals surface area contributed by atoms with E-state index < -0.39 is 30.1 Å². The summed E-state index contributed by atoms with van der Waals surface area (Å²) in [6, 6.07) is 36.6. The number of aromatic nitrogens is 1. The highest BCUT2D eigenvalue weighted by Gasteiger charge is 2.37. The number of anilines is 1. The molecule has 2 amide bonds. The van der Waals surface area contributed by atoms with Crippen LogP contribution in [0.4, 0.5) is 5.69 Å². The number of hydrogen-bond donors (Lipinski definition) is 3. The number of carbonyl (C=O) groups excluding carboxylic acids is 2. The molecule has 0 aliphatic carbocycles. The Labute approximate surface area is 356 Å². The van der Waals surface area contributed by atoms with E-state index in [1.165, 1.54) is 0 Å². The third-order valence-electron chi connectivity index (χ3n) is 10.6. The summed E-state index contributed by atoms with van der Waals surface area (Å²) < 4.78 is 12.2. The average molecular weight is 839 g/mol. The molecule has 11 nitrogen and oxygen atoms in total. The number of nitrogens with one attached hydrogen (secondary N) is 2. The molecule has 5 aromatic carbocycles. The predicted octanol–water partition coefficient (Wildman–Crippen LogP) is 8.32. The molecule has 6 aromatic rings. The Morgan fingerprint density at radius 3 is 2.33 bits per heavy atom. The van der Waals surface area contributed by atoms with Gasteiger partial charge in [0.1, 0.15) is 24.1 Å². The first kappa shape index (κ1) is 40.1. The second kappa shape index (κ2) is 17.6. The summed E-state index contributed by atoms with van der Waals surface area (Å²) >= 11 is 12.2. The van der Waals surface area contributed by atoms with Crippen molar-refractivity contribution >= 4 is 46.7 Å². The van der Waals surface area contributed by atoms with E-state index in [1.807, 2.05) is 77.7 Å². The molecule has 1 aromatic heterocycles. The standard InChI is InChI=1S/C47H37Cl2N5O6/c48-38-17-8-30(19-39(38)49)27-59-37-15-13-33(14-16-37)44-46(56)52-40-21-34-22-42(54(25-35(34)23-43(40)60-44)26-36-3-1-2-18-51-36)45(55)53-41(47(57)58)20-28-4-9-31(10-5-28)32-11-6-29(24-50)7-12-32/h1-19,21,23,41-42,44H,20,22,25-27H2,(H,52,56)(H,53,55)(H,57,58). The maximum atomic E-state index is 14.1. The van der Waals surface area contributed by atoms with Gasteiger partial charge in [0.05, 0.1) is 39.1 Å². The van der Waals surface area contributed by atoms with E-state index in [1.54, 1.807) is 54.7 Å². The predicted molar refractivity (Wildman–Crippen MR) is 227 cm³/mol. The van der Waals surface area contributed by atoms with E-state index in [-0.39, 0.29) is 25.4 Å². The van der Waals surface area contributed by atoms with Gasteiger partial charge in [0.15, 0.2) is 0 Å². The molecule has 2 aliphatic rings. The molecule has 0 saturated carbocycles. The summed E-state index contributed by atoms with van der Waals surface area (Å²) in [4.78, 5) is 46.6. The van der Waals surface area contributed by atoms with E-state index in [9.17, 15) is 19.5 Å². The van der Waals surface area contributed by atoms with Crippen LogP contribution in [0.2, 0.25) is 10.0 Å². The second-order valence-corrected chi connectivity index (χ2v) is 15.5. The molecule has 0 saturated heterocycles. The number of aliphatic carboxylic acids is 1. The van der Waals surface area contributed by atoms with E-state index >= 15 is 0 Å². The van der Waals surface area contributed by atoms with Crippen molar-refractivity contribution in [3.63, 3.8) is 0 Å². The maximum Gasteiger partial charge on any atom is 0.326 e. The first-order valence-electron chi connectivity index (χ1n) is 19.2. The number of pyridine rings is 1. The van der Waals surface area contributed by atoms with Gasteiger partial charge in [-0.1, -0.05) is 83.9 Å². The molecule has 0 spiro atoms. The fourth-order valence-corrected chi connectivity index (χ4v) is 7.72. The Kier molecular flexibility index (Phi) is 11.8. The number of amides is 2. The van der Waals surface area contributed by atoms with Crippen LogP contribution in [0.3, 0.4) is 0 Å². The summed E-state index contributed by atoms with van der Waals surface area (Å²) in [5, 5.41) is 26.1. The number of halogens is 2. The molecule has 3 unspecified atom stereocenters. The number of nitriles is 1. The number of hydrogen-bond acceptors (Lipinski definition) is 8. The first-order chi connectivity index (χ1) is 29.1. The van der Waals surface area contributed by atoms with Crippen molar-refractivity contribution in [3.8, 4) is 28.7 Å². The van der Waals surface area contributed by atoms with Crippen molar-refractivity contribution in [2.75, 3.05) is 5.32 Å². The molecule has 3 atom stereocenters. The van der Waals surface area contributed by atoms with Gasteiger partial charge in [-0.25, -0.2) is 4.79 Å². The van der Waals surface area contributed by atoms with Gasteiger partial charge in [-0.3, -0.25) is 19.5 Å². The van der Waals surface area contributed by atoms with E-state index in [4.69, 9.17) is 37.9 Å². The van der Waals surface area contributed by atoms with Crippen LogP contribution in [0.1, 0.15) is 45.2 Å². The smallest absolute Gasteiger partial charge is 0.326 e. The summed E-state index contributed by atoms with van der Waals surface area (Å²) in [7, 11) is 0. The third-order valence-corrected chi connectivity index (χ3v) is 11.3. The van der Waals surface area contributed by atoms with Crippen LogP contribution >= 0.6 is 23.2 Å². The largest absolute Gasteiger partial charge is 0.489 e. The lowest BCUT2D eigenvalue weighted by atomic mass is 9.91. The van der Waals surface area contributed by atoms with Crippen molar-refractivity contribution in [3.05, 3.63) is 177 Å². The highest BCUT2D eigenvalue weighted by atomic mass is 35.5. The summed E-state index contributed by atoms with van der Waals surface area (Å²) in [6.07, 6.45) is 1.11. The molecule has 3 heterocycles. The van der Waals surface area contributed by atoms with Gasteiger partial charge in [0, 0.05) is 31.3 Å². The van der Waals surface area contributed by atoms with Crippen LogP contribution in [0.15, 0.2) is 128 Å². The van der Waals surface area contributed by atoms with Gasteiger partial charge in [-0.15, -0.1) is 0 Å². The van der Waals surface area contributed by atoms with Crippen LogP contribution in [-0.2, 0) is 46.9 Å². The van der Waals surface area contributed by atoms with Gasteiger partial charge in [-0.2, -0.15) is 5.26 Å². The zero-order valence-electron chi connectivity index (χ0n) is 32.0. The van der Waals surface area contributed by atoms with Gasteiger partial charge in [-0.05, 0) is 100 Å². The number of fused-ring (bicyclic) bond motifs is 2. The van der Waals surface area contributed by atoms with Crippen LogP contribution in [0.25, 0.3) is 11.1 Å². The fraction of sp³-hybridized carbons (Fsp3) is 0.170. The topological polar surface area (TPSA) is 154 Å². The summed E-state index contributed by atoms with van der Waals surface area (Å²) in [5.74, 6) is -0.828. The molecule has 0 fully saturated rings. The molecule has 3 N–H and O–H groups in total. The first-order valence-corrected chi connectivity index (χ1v) is 19.9. The zero-order valence-corrected chi connectivity index (χ0v) is 33.5. The monoisotopic (exact) mass is 837 g/mol. The lowest BCUT2D eigenvalue weighted by Crippen LogP contribution is -2.54. The molecule has 13 heteroatoms. The maximum absolute atomic E-state index is 14.1. The molecule has 8 rings (SSSR count).